The first-order valence-electron chi connectivity index (χ1n) is 10.1. The van der Waals surface area contributed by atoms with Crippen LogP contribution >= 0.6 is 0 Å². The molecule has 0 saturated heterocycles. The second-order valence-corrected chi connectivity index (χ2v) is 9.63. The Morgan fingerprint density at radius 3 is 2.38 bits per heavy atom. The predicted molar refractivity (Wildman–Crippen MR) is 90.1 cm³/mol. The predicted octanol–water partition coefficient (Wildman–Crippen LogP) is 6.45. The van der Waals surface area contributed by atoms with E-state index in [1.54, 1.807) is 51.4 Å². The van der Waals surface area contributed by atoms with Gasteiger partial charge < -0.3 is 0 Å². The second-order valence-electron chi connectivity index (χ2n) is 9.63. The zero-order chi connectivity index (χ0) is 14.7. The lowest BCUT2D eigenvalue weighted by Gasteiger charge is -2.60. The molecule has 4 saturated carbocycles. The minimum atomic E-state index is 0.716. The average molecular weight is 289 g/mol. The largest absolute Gasteiger partial charge is 0.0651 e. The zero-order valence-corrected chi connectivity index (χ0v) is 14.7. The van der Waals surface area contributed by atoms with E-state index in [2.05, 4.69) is 20.8 Å². The van der Waals surface area contributed by atoms with Crippen LogP contribution in [0.25, 0.3) is 0 Å². The highest BCUT2D eigenvalue weighted by molar-refractivity contribution is 5.08. The molecule has 21 heavy (non-hydrogen) atoms. The van der Waals surface area contributed by atoms with Crippen molar-refractivity contribution in [2.45, 2.75) is 91.4 Å². The van der Waals surface area contributed by atoms with E-state index in [0.717, 1.165) is 35.0 Å². The van der Waals surface area contributed by atoms with Crippen molar-refractivity contribution < 1.29 is 0 Å². The van der Waals surface area contributed by atoms with Crippen LogP contribution in [0.4, 0.5) is 0 Å². The fourth-order valence-electron chi connectivity index (χ4n) is 8.07. The molecular weight excluding hydrogens is 252 g/mol. The molecule has 0 bridgehead atoms. The SMILES string of the molecule is CC[C@H]1CC[C@@H]2[C@@H]3CCC4CCCC[C@]4(C)[C@H]3CC[C@]12C. The van der Waals surface area contributed by atoms with Gasteiger partial charge in [-0.05, 0) is 91.8 Å². The second kappa shape index (κ2) is 5.00. The fraction of sp³-hybridized carbons (Fsp3) is 1.00. The van der Waals surface area contributed by atoms with Crippen molar-refractivity contribution in [3.8, 4) is 0 Å². The molecule has 1 unspecified atom stereocenters. The summed E-state index contributed by atoms with van der Waals surface area (Å²) in [5, 5.41) is 0. The minimum absolute atomic E-state index is 0.716. The third-order valence-electron chi connectivity index (χ3n) is 9.27. The monoisotopic (exact) mass is 288 g/mol. The Bertz CT molecular complexity index is 399. The van der Waals surface area contributed by atoms with Gasteiger partial charge in [-0.1, -0.05) is 40.0 Å². The molecule has 0 aromatic rings. The molecule has 0 spiro atoms. The van der Waals surface area contributed by atoms with Crippen LogP contribution < -0.4 is 0 Å². The Hall–Kier alpha value is 0. The Morgan fingerprint density at radius 1 is 0.762 bits per heavy atom. The van der Waals surface area contributed by atoms with Gasteiger partial charge in [0.25, 0.3) is 0 Å². The van der Waals surface area contributed by atoms with Gasteiger partial charge in [0, 0.05) is 0 Å². The van der Waals surface area contributed by atoms with Crippen LogP contribution in [0.5, 0.6) is 0 Å². The summed E-state index contributed by atoms with van der Waals surface area (Å²) in [6.45, 7) is 7.84. The van der Waals surface area contributed by atoms with Crippen LogP contribution in [0.2, 0.25) is 0 Å². The maximum atomic E-state index is 2.71. The molecule has 7 atom stereocenters. The highest BCUT2D eigenvalue weighted by Gasteiger charge is 2.59. The highest BCUT2D eigenvalue weighted by atomic mass is 14.6. The summed E-state index contributed by atoms with van der Waals surface area (Å²) in [5.41, 5.74) is 1.45. The van der Waals surface area contributed by atoms with Crippen LogP contribution in [-0.4, -0.2) is 0 Å². The van der Waals surface area contributed by atoms with Crippen LogP contribution in [0, 0.1) is 40.4 Å². The number of hydrogen-bond acceptors (Lipinski definition) is 0. The highest BCUT2D eigenvalue weighted by Crippen LogP contribution is 2.67. The van der Waals surface area contributed by atoms with E-state index >= 15 is 0 Å². The quantitative estimate of drug-likeness (QED) is 0.520. The van der Waals surface area contributed by atoms with Crippen LogP contribution in [0.3, 0.4) is 0 Å². The van der Waals surface area contributed by atoms with Crippen LogP contribution in [0.15, 0.2) is 0 Å². The van der Waals surface area contributed by atoms with E-state index in [9.17, 15) is 0 Å². The van der Waals surface area contributed by atoms with Crippen molar-refractivity contribution in [1.82, 2.24) is 0 Å². The summed E-state index contributed by atoms with van der Waals surface area (Å²) in [7, 11) is 0. The molecule has 0 aliphatic heterocycles. The summed E-state index contributed by atoms with van der Waals surface area (Å²) in [5.74, 6) is 5.39. The lowest BCUT2D eigenvalue weighted by Crippen LogP contribution is -2.52. The van der Waals surface area contributed by atoms with Gasteiger partial charge in [-0.3, -0.25) is 0 Å². The topological polar surface area (TPSA) is 0 Å². The molecule has 4 aliphatic carbocycles. The average Bonchev–Trinajstić information content (AvgIpc) is 2.83. The van der Waals surface area contributed by atoms with Crippen molar-refractivity contribution in [1.29, 1.82) is 0 Å². The molecular formula is C21H36. The first kappa shape index (κ1) is 14.6. The van der Waals surface area contributed by atoms with E-state index < -0.39 is 0 Å². The Morgan fingerprint density at radius 2 is 1.57 bits per heavy atom. The van der Waals surface area contributed by atoms with Crippen molar-refractivity contribution >= 4 is 0 Å². The van der Waals surface area contributed by atoms with E-state index in [1.807, 2.05) is 0 Å². The minimum Gasteiger partial charge on any atom is -0.0651 e. The maximum Gasteiger partial charge on any atom is -0.0266 e. The van der Waals surface area contributed by atoms with E-state index in [-0.39, 0.29) is 0 Å². The summed E-state index contributed by atoms with van der Waals surface area (Å²) < 4.78 is 0. The van der Waals surface area contributed by atoms with Gasteiger partial charge in [-0.15, -0.1) is 0 Å². The molecule has 0 amide bonds. The van der Waals surface area contributed by atoms with Gasteiger partial charge in [-0.2, -0.15) is 0 Å². The lowest BCUT2D eigenvalue weighted by atomic mass is 9.45. The maximum absolute atomic E-state index is 2.71. The molecule has 4 rings (SSSR count). The van der Waals surface area contributed by atoms with E-state index in [1.165, 1.54) is 19.3 Å². The standard InChI is InChI=1S/C21H36/c1-4-15-9-11-18-17-10-8-16-7-5-6-13-20(16,2)19(17)12-14-21(15,18)3/h15-19H,4-14H2,1-3H3/t15-,16?,17-,18+,19-,20-,21+/m0/s1. The fourth-order valence-corrected chi connectivity index (χ4v) is 8.07. The molecule has 0 aromatic carbocycles. The van der Waals surface area contributed by atoms with Gasteiger partial charge in [0.2, 0.25) is 0 Å². The van der Waals surface area contributed by atoms with Crippen molar-refractivity contribution in [2.24, 2.45) is 40.4 Å². The summed E-state index contributed by atoms with van der Waals surface area (Å²) in [4.78, 5) is 0. The Balaban J connectivity index is 1.62. The molecule has 0 heterocycles. The molecule has 4 aliphatic rings. The lowest BCUT2D eigenvalue weighted by molar-refractivity contribution is -0.110. The third-order valence-corrected chi connectivity index (χ3v) is 9.27. The van der Waals surface area contributed by atoms with Crippen molar-refractivity contribution in [3.63, 3.8) is 0 Å². The first-order valence-corrected chi connectivity index (χ1v) is 10.1. The first-order chi connectivity index (χ1) is 10.1. The van der Waals surface area contributed by atoms with Gasteiger partial charge in [0.15, 0.2) is 0 Å². The van der Waals surface area contributed by atoms with Gasteiger partial charge in [0.05, 0.1) is 0 Å². The van der Waals surface area contributed by atoms with Gasteiger partial charge in [0.1, 0.15) is 0 Å². The summed E-state index contributed by atoms with van der Waals surface area (Å²) in [6, 6.07) is 0. The molecule has 4 fully saturated rings. The number of fused-ring (bicyclic) bond motifs is 5. The summed E-state index contributed by atoms with van der Waals surface area (Å²) in [6.07, 6.45) is 17.0. The third kappa shape index (κ3) is 1.93. The molecule has 0 N–H and O–H groups in total. The molecule has 0 radical (unpaired) electrons. The van der Waals surface area contributed by atoms with Gasteiger partial charge >= 0.3 is 0 Å². The molecule has 120 valence electrons. The van der Waals surface area contributed by atoms with Crippen molar-refractivity contribution in [3.05, 3.63) is 0 Å². The normalized spacial score (nSPS) is 56.4. The zero-order valence-electron chi connectivity index (χ0n) is 14.7. The summed E-state index contributed by atoms with van der Waals surface area (Å²) >= 11 is 0. The number of rotatable bonds is 1. The smallest absolute Gasteiger partial charge is 0.0266 e. The van der Waals surface area contributed by atoms with E-state index in [0.29, 0.717) is 5.41 Å². The Kier molecular flexibility index (Phi) is 3.47. The van der Waals surface area contributed by atoms with Crippen LogP contribution in [-0.2, 0) is 0 Å². The molecule has 0 nitrogen and oxygen atoms in total. The Labute approximate surface area is 132 Å². The number of hydrogen-bond donors (Lipinski definition) is 0. The molecule has 0 aromatic heterocycles. The van der Waals surface area contributed by atoms with Crippen LogP contribution in [0.1, 0.15) is 91.4 Å². The van der Waals surface area contributed by atoms with E-state index in [4.69, 9.17) is 0 Å². The molecule has 0 heteroatoms. The van der Waals surface area contributed by atoms with Gasteiger partial charge in [-0.25, -0.2) is 0 Å². The van der Waals surface area contributed by atoms with Crippen molar-refractivity contribution in [2.75, 3.05) is 0 Å².